The summed E-state index contributed by atoms with van der Waals surface area (Å²) in [5.41, 5.74) is -0.386. The van der Waals surface area contributed by atoms with Crippen LogP contribution in [-0.2, 0) is 12.6 Å². The molecule has 1 rings (SSSR count). The number of hydrogen-bond acceptors (Lipinski definition) is 1. The summed E-state index contributed by atoms with van der Waals surface area (Å²) in [6, 6.07) is 4.35. The molecule has 0 bridgehead atoms. The maximum atomic E-state index is 11.9. The minimum Gasteiger partial charge on any atom is -0.242 e. The summed E-state index contributed by atoms with van der Waals surface area (Å²) >= 11 is 0. The molecule has 0 spiro atoms. The van der Waals surface area contributed by atoms with Crippen molar-refractivity contribution >= 4 is 0 Å². The predicted octanol–water partition coefficient (Wildman–Crippen LogP) is 2.26. The summed E-state index contributed by atoms with van der Waals surface area (Å²) in [6.45, 7) is 1.81. The van der Waals surface area contributed by atoms with E-state index in [9.17, 15) is 13.2 Å². The van der Waals surface area contributed by atoms with Crippen LogP contribution >= 0.6 is 0 Å². The van der Waals surface area contributed by atoms with Crippen LogP contribution in [0.1, 0.15) is 18.2 Å². The van der Waals surface area contributed by atoms with Gasteiger partial charge < -0.3 is 0 Å². The summed E-state index contributed by atoms with van der Waals surface area (Å²) in [6.07, 6.45) is -2.64. The van der Waals surface area contributed by atoms with Crippen LogP contribution in [0.2, 0.25) is 0 Å². The average molecular weight is 173 g/mol. The fraction of sp³-hybridized carbons (Fsp3) is 0.375. The van der Waals surface area contributed by atoms with Gasteiger partial charge in [0.15, 0.2) is 5.69 Å². The molecule has 0 saturated carbocycles. The number of aromatic nitrogens is 1. The zero-order valence-electron chi connectivity index (χ0n) is 6.37. The summed E-state index contributed by atoms with van der Waals surface area (Å²) in [5.74, 6) is 0. The molecular formula is C8H6F3N. The minimum atomic E-state index is -4.41. The molecule has 0 N–H and O–H groups in total. The van der Waals surface area contributed by atoms with Gasteiger partial charge in [0.2, 0.25) is 0 Å². The van der Waals surface area contributed by atoms with E-state index in [1.165, 1.54) is 6.20 Å². The van der Waals surface area contributed by atoms with Gasteiger partial charge in [0.05, 0.1) is 0 Å². The van der Waals surface area contributed by atoms with Crippen molar-refractivity contribution in [1.82, 2.24) is 4.98 Å². The lowest BCUT2D eigenvalue weighted by Gasteiger charge is -2.01. The van der Waals surface area contributed by atoms with E-state index in [1.807, 2.05) is 13.0 Å². The van der Waals surface area contributed by atoms with E-state index in [0.29, 0.717) is 12.0 Å². The molecule has 0 amide bonds. The Morgan fingerprint density at radius 1 is 1.42 bits per heavy atom. The van der Waals surface area contributed by atoms with Gasteiger partial charge in [-0.3, -0.25) is 0 Å². The normalized spacial score (nSPS) is 11.0. The average Bonchev–Trinajstić information content (AvgIpc) is 2.03. The highest BCUT2D eigenvalue weighted by Crippen LogP contribution is 2.25. The summed E-state index contributed by atoms with van der Waals surface area (Å²) in [7, 11) is 0. The smallest absolute Gasteiger partial charge is 0.242 e. The Kier molecular flexibility index (Phi) is 2.22. The Morgan fingerprint density at radius 3 is 2.42 bits per heavy atom. The summed E-state index contributed by atoms with van der Waals surface area (Å²) in [4.78, 5) is 3.21. The van der Waals surface area contributed by atoms with Crippen molar-refractivity contribution in [1.29, 1.82) is 0 Å². The van der Waals surface area contributed by atoms with Crippen molar-refractivity contribution in [3.63, 3.8) is 0 Å². The van der Waals surface area contributed by atoms with Crippen LogP contribution in [0.5, 0.6) is 0 Å². The van der Waals surface area contributed by atoms with Crippen LogP contribution in [-0.4, -0.2) is 4.98 Å². The highest BCUT2D eigenvalue weighted by Gasteiger charge is 2.32. The van der Waals surface area contributed by atoms with Crippen LogP contribution < -0.4 is 0 Å². The molecule has 4 heteroatoms. The van der Waals surface area contributed by atoms with E-state index in [2.05, 4.69) is 11.1 Å². The van der Waals surface area contributed by atoms with Crippen molar-refractivity contribution in [2.45, 2.75) is 19.5 Å². The van der Waals surface area contributed by atoms with Gasteiger partial charge in [-0.05, 0) is 12.5 Å². The third kappa shape index (κ3) is 1.88. The lowest BCUT2D eigenvalue weighted by molar-refractivity contribution is -0.141. The van der Waals surface area contributed by atoms with Crippen LogP contribution in [0.15, 0.2) is 6.20 Å². The van der Waals surface area contributed by atoms with Crippen molar-refractivity contribution in [2.24, 2.45) is 0 Å². The van der Waals surface area contributed by atoms with Crippen LogP contribution in [0.4, 0.5) is 13.2 Å². The Morgan fingerprint density at radius 2 is 2.08 bits per heavy atom. The first-order valence-corrected chi connectivity index (χ1v) is 3.40. The maximum Gasteiger partial charge on any atom is 0.441 e. The highest BCUT2D eigenvalue weighted by molar-refractivity contribution is 5.06. The van der Waals surface area contributed by atoms with Gasteiger partial charge in [-0.1, -0.05) is 13.0 Å². The summed E-state index contributed by atoms with van der Waals surface area (Å²) < 4.78 is 35.7. The molecule has 1 aromatic rings. The Balaban J connectivity index is 2.93. The van der Waals surface area contributed by atoms with Gasteiger partial charge in [-0.2, -0.15) is 13.2 Å². The van der Waals surface area contributed by atoms with Gasteiger partial charge in [0, 0.05) is 11.8 Å². The first kappa shape index (κ1) is 8.85. The van der Waals surface area contributed by atoms with E-state index in [4.69, 9.17) is 0 Å². The second-order valence-electron chi connectivity index (χ2n) is 2.23. The van der Waals surface area contributed by atoms with Gasteiger partial charge in [-0.15, -0.1) is 0 Å². The maximum absolute atomic E-state index is 11.9. The van der Waals surface area contributed by atoms with E-state index in [0.717, 1.165) is 0 Å². The molecule has 1 heterocycles. The Labute approximate surface area is 68.2 Å². The molecule has 1 nitrogen and oxygen atoms in total. The number of aryl methyl sites for hydroxylation is 1. The van der Waals surface area contributed by atoms with Gasteiger partial charge >= 0.3 is 6.18 Å². The molecular weight excluding hydrogens is 167 g/mol. The number of halogens is 3. The zero-order valence-corrected chi connectivity index (χ0v) is 6.37. The third-order valence-corrected chi connectivity index (χ3v) is 1.34. The molecule has 0 aromatic carbocycles. The Bertz CT molecular complexity index is 250. The largest absolute Gasteiger partial charge is 0.441 e. The van der Waals surface area contributed by atoms with Crippen molar-refractivity contribution < 1.29 is 13.2 Å². The van der Waals surface area contributed by atoms with Crippen molar-refractivity contribution in [3.8, 4) is 0 Å². The van der Waals surface area contributed by atoms with Gasteiger partial charge in [0.1, 0.15) is 0 Å². The molecule has 0 unspecified atom stereocenters. The fourth-order valence-corrected chi connectivity index (χ4v) is 0.670. The van der Waals surface area contributed by atoms with Crippen LogP contribution in [0.3, 0.4) is 0 Å². The van der Waals surface area contributed by atoms with Crippen molar-refractivity contribution in [2.75, 3.05) is 0 Å². The first-order valence-electron chi connectivity index (χ1n) is 3.40. The molecule has 0 fully saturated rings. The number of rotatable bonds is 1. The standard InChI is InChI=1S/C8H6F3N/c1-2-6-3-4-7(12-5-6)8(9,10)11/h5H,2H2,1H3. The molecule has 0 radical (unpaired) electrons. The topological polar surface area (TPSA) is 12.9 Å². The highest BCUT2D eigenvalue weighted by atomic mass is 19.4. The first-order chi connectivity index (χ1) is 5.54. The van der Waals surface area contributed by atoms with Crippen LogP contribution in [0, 0.1) is 12.1 Å². The number of alkyl halides is 3. The molecule has 0 saturated heterocycles. The minimum absolute atomic E-state index is 0.613. The predicted molar refractivity (Wildman–Crippen MR) is 36.3 cm³/mol. The number of hydrogen-bond donors (Lipinski definition) is 0. The quantitative estimate of drug-likeness (QED) is 0.634. The third-order valence-electron chi connectivity index (χ3n) is 1.34. The molecule has 0 aliphatic heterocycles. The lowest BCUT2D eigenvalue weighted by Crippen LogP contribution is -2.06. The van der Waals surface area contributed by atoms with Gasteiger partial charge in [-0.25, -0.2) is 4.98 Å². The van der Waals surface area contributed by atoms with E-state index >= 15 is 0 Å². The fourth-order valence-electron chi connectivity index (χ4n) is 0.670. The molecule has 1 aromatic heterocycles. The lowest BCUT2D eigenvalue weighted by atomic mass is 10.2. The number of nitrogens with zero attached hydrogens (tertiary/aromatic N) is 1. The Hall–Kier alpha value is -1.24. The molecule has 12 heavy (non-hydrogen) atoms. The second kappa shape index (κ2) is 3.02. The molecule has 0 atom stereocenters. The SMILES string of the molecule is CCc1c#cc(C(F)(F)F)nc1. The summed E-state index contributed by atoms with van der Waals surface area (Å²) in [5, 5.41) is 0. The second-order valence-corrected chi connectivity index (χ2v) is 2.23. The van der Waals surface area contributed by atoms with E-state index < -0.39 is 11.9 Å². The molecule has 0 aliphatic carbocycles. The van der Waals surface area contributed by atoms with Crippen molar-refractivity contribution in [3.05, 3.63) is 29.6 Å². The van der Waals surface area contributed by atoms with E-state index in [-0.39, 0.29) is 0 Å². The van der Waals surface area contributed by atoms with E-state index in [1.54, 1.807) is 0 Å². The monoisotopic (exact) mass is 173 g/mol. The van der Waals surface area contributed by atoms with Crippen LogP contribution in [0.25, 0.3) is 0 Å². The molecule has 0 aliphatic rings. The zero-order chi connectivity index (χ0) is 9.19. The molecule has 64 valence electrons. The van der Waals surface area contributed by atoms with Gasteiger partial charge in [0.25, 0.3) is 0 Å².